The van der Waals surface area contributed by atoms with Gasteiger partial charge in [0.1, 0.15) is 5.82 Å². The van der Waals surface area contributed by atoms with Crippen LogP contribution >= 0.6 is 11.3 Å². The molecule has 2 rings (SSSR count). The van der Waals surface area contributed by atoms with E-state index in [9.17, 15) is 0 Å². The van der Waals surface area contributed by atoms with E-state index in [-0.39, 0.29) is 0 Å². The van der Waals surface area contributed by atoms with Crippen LogP contribution in [0.1, 0.15) is 19.8 Å². The van der Waals surface area contributed by atoms with Crippen molar-refractivity contribution in [1.29, 1.82) is 0 Å². The van der Waals surface area contributed by atoms with Crippen LogP contribution in [-0.4, -0.2) is 16.5 Å². The Morgan fingerprint density at radius 2 is 2.29 bits per heavy atom. The lowest BCUT2D eigenvalue weighted by molar-refractivity contribution is 0.831. The second-order valence-electron chi connectivity index (χ2n) is 3.75. The maximum absolute atomic E-state index is 5.71. The van der Waals surface area contributed by atoms with Crippen LogP contribution in [0.2, 0.25) is 0 Å². The van der Waals surface area contributed by atoms with Crippen molar-refractivity contribution in [1.82, 2.24) is 9.97 Å². The van der Waals surface area contributed by atoms with E-state index in [2.05, 4.69) is 22.2 Å². The van der Waals surface area contributed by atoms with Crippen molar-refractivity contribution in [3.05, 3.63) is 23.6 Å². The van der Waals surface area contributed by atoms with Crippen LogP contribution in [0.3, 0.4) is 0 Å². The Hall–Kier alpha value is -1.62. The van der Waals surface area contributed by atoms with Crippen LogP contribution in [0.4, 0.5) is 11.8 Å². The molecule has 2 aromatic rings. The van der Waals surface area contributed by atoms with E-state index in [0.29, 0.717) is 5.95 Å². The van der Waals surface area contributed by atoms with Crippen LogP contribution in [0, 0.1) is 0 Å². The Kier molecular flexibility index (Phi) is 3.93. The number of nitrogens with one attached hydrogen (secondary N) is 1. The highest BCUT2D eigenvalue weighted by atomic mass is 32.1. The number of nitrogens with two attached hydrogens (primary N) is 1. The number of unbranched alkanes of at least 4 members (excludes halogenated alkanes) is 1. The molecular weight excluding hydrogens is 232 g/mol. The molecule has 90 valence electrons. The number of anilines is 2. The average Bonchev–Trinajstić information content (AvgIpc) is 2.82. The van der Waals surface area contributed by atoms with E-state index in [4.69, 9.17) is 5.73 Å². The Labute approximate surface area is 105 Å². The lowest BCUT2D eigenvalue weighted by Crippen LogP contribution is -2.06. The molecule has 0 unspecified atom stereocenters. The maximum Gasteiger partial charge on any atom is 0.222 e. The van der Waals surface area contributed by atoms with E-state index < -0.39 is 0 Å². The number of hydrogen-bond acceptors (Lipinski definition) is 5. The predicted molar refractivity (Wildman–Crippen MR) is 73.2 cm³/mol. The first kappa shape index (κ1) is 11.9. The first-order valence-corrected chi connectivity index (χ1v) is 6.60. The van der Waals surface area contributed by atoms with Gasteiger partial charge in [0.25, 0.3) is 0 Å². The van der Waals surface area contributed by atoms with Gasteiger partial charge in [-0.25, -0.2) is 4.98 Å². The highest BCUT2D eigenvalue weighted by Gasteiger charge is 2.05. The van der Waals surface area contributed by atoms with E-state index in [1.54, 1.807) is 11.3 Å². The van der Waals surface area contributed by atoms with E-state index in [1.807, 2.05) is 23.6 Å². The molecule has 0 bridgehead atoms. The van der Waals surface area contributed by atoms with Gasteiger partial charge < -0.3 is 11.1 Å². The standard InChI is InChI=1S/C12H16N4S/c1-2-3-6-14-11-8-9(15-12(13)16-11)10-5-4-7-17-10/h4-5,7-8H,2-3,6H2,1H3,(H3,13,14,15,16). The third kappa shape index (κ3) is 3.17. The van der Waals surface area contributed by atoms with Crippen molar-refractivity contribution in [3.8, 4) is 10.6 Å². The second-order valence-corrected chi connectivity index (χ2v) is 4.70. The molecule has 5 heteroatoms. The fourth-order valence-corrected chi connectivity index (χ4v) is 2.19. The molecule has 17 heavy (non-hydrogen) atoms. The first-order chi connectivity index (χ1) is 8.29. The summed E-state index contributed by atoms with van der Waals surface area (Å²) in [5, 5.41) is 5.29. The van der Waals surface area contributed by atoms with Gasteiger partial charge in [0, 0.05) is 12.6 Å². The zero-order valence-corrected chi connectivity index (χ0v) is 10.6. The highest BCUT2D eigenvalue weighted by Crippen LogP contribution is 2.24. The minimum Gasteiger partial charge on any atom is -0.370 e. The molecule has 2 aromatic heterocycles. The summed E-state index contributed by atoms with van der Waals surface area (Å²) in [6.07, 6.45) is 2.28. The number of aromatic nitrogens is 2. The van der Waals surface area contributed by atoms with Crippen LogP contribution in [0.15, 0.2) is 23.6 Å². The first-order valence-electron chi connectivity index (χ1n) is 5.72. The zero-order valence-electron chi connectivity index (χ0n) is 9.81. The van der Waals surface area contributed by atoms with Gasteiger partial charge >= 0.3 is 0 Å². The van der Waals surface area contributed by atoms with Crippen molar-refractivity contribution >= 4 is 23.1 Å². The average molecular weight is 248 g/mol. The van der Waals surface area contributed by atoms with Crippen molar-refractivity contribution in [2.24, 2.45) is 0 Å². The molecular formula is C12H16N4S. The summed E-state index contributed by atoms with van der Waals surface area (Å²) in [6, 6.07) is 5.97. The van der Waals surface area contributed by atoms with E-state index in [0.717, 1.165) is 35.8 Å². The van der Waals surface area contributed by atoms with Gasteiger partial charge in [0.2, 0.25) is 5.95 Å². The van der Waals surface area contributed by atoms with Gasteiger partial charge in [0.15, 0.2) is 0 Å². The molecule has 2 heterocycles. The SMILES string of the molecule is CCCCNc1cc(-c2cccs2)nc(N)n1. The lowest BCUT2D eigenvalue weighted by atomic mass is 10.3. The third-order valence-electron chi connectivity index (χ3n) is 2.35. The molecule has 0 saturated carbocycles. The van der Waals surface area contributed by atoms with Gasteiger partial charge in [0.05, 0.1) is 10.6 Å². The van der Waals surface area contributed by atoms with Gasteiger partial charge in [-0.05, 0) is 17.9 Å². The number of thiophene rings is 1. The van der Waals surface area contributed by atoms with Crippen LogP contribution < -0.4 is 11.1 Å². The van der Waals surface area contributed by atoms with Crippen molar-refractivity contribution in [2.75, 3.05) is 17.6 Å². The van der Waals surface area contributed by atoms with Gasteiger partial charge in [-0.15, -0.1) is 11.3 Å². The monoisotopic (exact) mass is 248 g/mol. The summed E-state index contributed by atoms with van der Waals surface area (Å²) in [5.41, 5.74) is 6.59. The fourth-order valence-electron chi connectivity index (χ4n) is 1.50. The van der Waals surface area contributed by atoms with Crippen LogP contribution in [-0.2, 0) is 0 Å². The summed E-state index contributed by atoms with van der Waals surface area (Å²) in [4.78, 5) is 9.53. The molecule has 0 aliphatic heterocycles. The summed E-state index contributed by atoms with van der Waals surface area (Å²) >= 11 is 1.65. The zero-order chi connectivity index (χ0) is 12.1. The molecule has 0 aliphatic rings. The van der Waals surface area contributed by atoms with E-state index in [1.165, 1.54) is 0 Å². The molecule has 0 aromatic carbocycles. The van der Waals surface area contributed by atoms with Crippen molar-refractivity contribution in [3.63, 3.8) is 0 Å². The van der Waals surface area contributed by atoms with Crippen molar-refractivity contribution < 1.29 is 0 Å². The number of nitrogen functional groups attached to an aromatic ring is 1. The second kappa shape index (κ2) is 5.63. The summed E-state index contributed by atoms with van der Waals surface area (Å²) in [5.74, 6) is 1.12. The number of rotatable bonds is 5. The molecule has 4 nitrogen and oxygen atoms in total. The van der Waals surface area contributed by atoms with E-state index >= 15 is 0 Å². The highest BCUT2D eigenvalue weighted by molar-refractivity contribution is 7.13. The summed E-state index contributed by atoms with van der Waals surface area (Å²) in [6.45, 7) is 3.07. The molecule has 0 aliphatic carbocycles. The quantitative estimate of drug-likeness (QED) is 0.798. The van der Waals surface area contributed by atoms with Crippen molar-refractivity contribution in [2.45, 2.75) is 19.8 Å². The minimum absolute atomic E-state index is 0.315. The molecule has 0 amide bonds. The Morgan fingerprint density at radius 1 is 1.41 bits per heavy atom. The lowest BCUT2D eigenvalue weighted by Gasteiger charge is -2.06. The smallest absolute Gasteiger partial charge is 0.222 e. The fraction of sp³-hybridized carbons (Fsp3) is 0.333. The van der Waals surface area contributed by atoms with Gasteiger partial charge in [-0.2, -0.15) is 4.98 Å². The predicted octanol–water partition coefficient (Wildman–Crippen LogP) is 3.00. The maximum atomic E-state index is 5.71. The minimum atomic E-state index is 0.315. The normalized spacial score (nSPS) is 10.4. The Morgan fingerprint density at radius 3 is 3.00 bits per heavy atom. The number of hydrogen-bond donors (Lipinski definition) is 2. The Bertz CT molecular complexity index is 467. The third-order valence-corrected chi connectivity index (χ3v) is 3.25. The Balaban J connectivity index is 2.18. The van der Waals surface area contributed by atoms with Gasteiger partial charge in [-0.1, -0.05) is 19.4 Å². The molecule has 0 fully saturated rings. The van der Waals surface area contributed by atoms with Crippen LogP contribution in [0.25, 0.3) is 10.6 Å². The number of nitrogens with zero attached hydrogens (tertiary/aromatic N) is 2. The summed E-state index contributed by atoms with van der Waals surface area (Å²) < 4.78 is 0. The summed E-state index contributed by atoms with van der Waals surface area (Å²) in [7, 11) is 0. The van der Waals surface area contributed by atoms with Gasteiger partial charge in [-0.3, -0.25) is 0 Å². The van der Waals surface area contributed by atoms with Crippen LogP contribution in [0.5, 0.6) is 0 Å². The molecule has 0 saturated heterocycles. The molecule has 0 atom stereocenters. The molecule has 0 radical (unpaired) electrons. The largest absolute Gasteiger partial charge is 0.370 e. The molecule has 0 spiro atoms. The topological polar surface area (TPSA) is 63.8 Å². The molecule has 3 N–H and O–H groups in total.